The van der Waals surface area contributed by atoms with E-state index in [9.17, 15) is 4.79 Å². The molecule has 0 radical (unpaired) electrons. The van der Waals surface area contributed by atoms with E-state index in [0.29, 0.717) is 11.6 Å². The van der Waals surface area contributed by atoms with Crippen LogP contribution >= 0.6 is 11.6 Å². The first-order valence-corrected chi connectivity index (χ1v) is 13.2. The lowest BCUT2D eigenvalue weighted by atomic mass is 9.85. The molecule has 2 aromatic heterocycles. The van der Waals surface area contributed by atoms with Crippen LogP contribution in [-0.4, -0.2) is 15.3 Å². The van der Waals surface area contributed by atoms with Crippen LogP contribution < -0.4 is 0 Å². The number of nitrogens with zero attached hydrogens (tertiary/aromatic N) is 2. The maximum Gasteiger partial charge on any atom is 0.161 e. The molecule has 0 unspecified atom stereocenters. The molecular weight excluding hydrogens is 468 g/mol. The molecule has 5 rings (SSSR count). The molecule has 2 aromatic carbocycles. The summed E-state index contributed by atoms with van der Waals surface area (Å²) in [6.45, 7) is 9.52. The molecule has 0 spiro atoms. The van der Waals surface area contributed by atoms with E-state index in [4.69, 9.17) is 16.3 Å². The minimum Gasteiger partial charge on any atom is -0.366 e. The Labute approximate surface area is 219 Å². The third-order valence-corrected chi connectivity index (χ3v) is 7.09. The molecular formula is C31H35ClN2O2. The van der Waals surface area contributed by atoms with Gasteiger partial charge in [-0.15, -0.1) is 0 Å². The maximum atomic E-state index is 11.8. The zero-order valence-corrected chi connectivity index (χ0v) is 22.4. The van der Waals surface area contributed by atoms with Gasteiger partial charge in [0.05, 0.1) is 17.7 Å². The Morgan fingerprint density at radius 1 is 1.08 bits per heavy atom. The fourth-order valence-electron chi connectivity index (χ4n) is 5.31. The van der Waals surface area contributed by atoms with E-state index in [1.54, 1.807) is 13.1 Å². The molecule has 0 saturated carbocycles. The number of halogens is 1. The lowest BCUT2D eigenvalue weighted by molar-refractivity contribution is -0.0518. The Hall–Kier alpha value is -2.95. The molecule has 0 atom stereocenters. The summed E-state index contributed by atoms with van der Waals surface area (Å²) in [6, 6.07) is 18.3. The lowest BCUT2D eigenvalue weighted by Crippen LogP contribution is -2.24. The topological polar surface area (TPSA) is 44.1 Å². The number of ketones is 1. The van der Waals surface area contributed by atoms with Gasteiger partial charge >= 0.3 is 0 Å². The molecule has 1 aliphatic heterocycles. The zero-order valence-electron chi connectivity index (χ0n) is 21.7. The van der Waals surface area contributed by atoms with Crippen molar-refractivity contribution in [2.24, 2.45) is 0 Å². The molecule has 5 heteroatoms. The van der Waals surface area contributed by atoms with Crippen LogP contribution in [0.2, 0.25) is 5.02 Å². The highest BCUT2D eigenvalue weighted by Gasteiger charge is 2.37. The van der Waals surface area contributed by atoms with Crippen molar-refractivity contribution in [3.8, 4) is 0 Å². The van der Waals surface area contributed by atoms with E-state index >= 15 is 0 Å². The second-order valence-electron chi connectivity index (χ2n) is 9.63. The van der Waals surface area contributed by atoms with Crippen molar-refractivity contribution in [3.05, 3.63) is 100.0 Å². The fourth-order valence-corrected chi connectivity index (χ4v) is 5.47. The first-order chi connectivity index (χ1) is 17.4. The van der Waals surface area contributed by atoms with Gasteiger partial charge in [0.25, 0.3) is 0 Å². The summed E-state index contributed by atoms with van der Waals surface area (Å²) in [5.74, 6) is 0.0620. The van der Waals surface area contributed by atoms with Crippen LogP contribution in [-0.2, 0) is 23.5 Å². The molecule has 1 aliphatic rings. The van der Waals surface area contributed by atoms with E-state index in [1.165, 1.54) is 24.0 Å². The number of hydrogen-bond donors (Lipinski definition) is 0. The third kappa shape index (κ3) is 5.55. The Morgan fingerprint density at radius 2 is 1.83 bits per heavy atom. The molecule has 0 amide bonds. The molecule has 4 nitrogen and oxygen atoms in total. The highest BCUT2D eigenvalue weighted by atomic mass is 35.5. The van der Waals surface area contributed by atoms with Crippen LogP contribution in [0.4, 0.5) is 0 Å². The van der Waals surface area contributed by atoms with Gasteiger partial charge < -0.3 is 9.30 Å². The average Bonchev–Trinajstić information content (AvgIpc) is 3.39. The minimum atomic E-state index is 0.0279. The van der Waals surface area contributed by atoms with Gasteiger partial charge in [0.1, 0.15) is 0 Å². The predicted octanol–water partition coefficient (Wildman–Crippen LogP) is 8.26. The summed E-state index contributed by atoms with van der Waals surface area (Å²) in [6.07, 6.45) is 8.38. The summed E-state index contributed by atoms with van der Waals surface area (Å²) >= 11 is 6.10. The second-order valence-corrected chi connectivity index (χ2v) is 10.1. The number of aromatic nitrogens is 2. The summed E-state index contributed by atoms with van der Waals surface area (Å²) in [7, 11) is 0. The number of hydrogen-bond acceptors (Lipinski definition) is 3. The largest absolute Gasteiger partial charge is 0.366 e. The molecule has 0 bridgehead atoms. The van der Waals surface area contributed by atoms with Crippen LogP contribution in [0.15, 0.2) is 67.0 Å². The number of benzene rings is 2. The standard InChI is InChI=1S/C17H15ClN2O.C14H20O/c1-11-7-13(5-6-19-11)9-20-10-16(12(2)21)15-4-3-14(18)8-17(15)20;1-3-9-14(10-4-2)13-8-6-5-7-12(13)11-15-14/h3-8,10H,9H2,1-2H3;5-8H,3-4,9-11H2,1-2H3. The van der Waals surface area contributed by atoms with E-state index in [0.717, 1.165) is 47.2 Å². The van der Waals surface area contributed by atoms with Crippen molar-refractivity contribution < 1.29 is 9.53 Å². The van der Waals surface area contributed by atoms with Crippen molar-refractivity contribution >= 4 is 28.3 Å². The number of carbonyl (C=O) groups is 1. The van der Waals surface area contributed by atoms with E-state index in [1.807, 2.05) is 43.5 Å². The van der Waals surface area contributed by atoms with E-state index in [2.05, 4.69) is 47.7 Å². The highest BCUT2D eigenvalue weighted by Crippen LogP contribution is 2.43. The number of fused-ring (bicyclic) bond motifs is 2. The molecule has 3 heterocycles. The SMILES string of the molecule is CC(=O)c1cn(Cc2ccnc(C)c2)c2cc(Cl)ccc12.CCCC1(CCC)OCc2ccccc21. The van der Waals surface area contributed by atoms with E-state index in [-0.39, 0.29) is 11.4 Å². The molecule has 0 aliphatic carbocycles. The molecule has 36 heavy (non-hydrogen) atoms. The van der Waals surface area contributed by atoms with Crippen LogP contribution in [0.3, 0.4) is 0 Å². The number of Topliss-reactive ketones (excluding diaryl/α,β-unsaturated/α-hetero) is 1. The van der Waals surface area contributed by atoms with Crippen LogP contribution in [0.25, 0.3) is 10.9 Å². The van der Waals surface area contributed by atoms with Gasteiger partial charge in [-0.3, -0.25) is 9.78 Å². The smallest absolute Gasteiger partial charge is 0.161 e. The van der Waals surface area contributed by atoms with Crippen molar-refractivity contribution in [3.63, 3.8) is 0 Å². The Morgan fingerprint density at radius 3 is 2.53 bits per heavy atom. The van der Waals surface area contributed by atoms with Crippen molar-refractivity contribution in [2.75, 3.05) is 0 Å². The quantitative estimate of drug-likeness (QED) is 0.239. The van der Waals surface area contributed by atoms with Gasteiger partial charge in [0, 0.05) is 40.6 Å². The normalized spacial score (nSPS) is 13.8. The Kier molecular flexibility index (Phi) is 8.28. The highest BCUT2D eigenvalue weighted by molar-refractivity contribution is 6.31. The van der Waals surface area contributed by atoms with Crippen LogP contribution in [0.1, 0.15) is 79.2 Å². The molecule has 188 valence electrons. The average molecular weight is 503 g/mol. The van der Waals surface area contributed by atoms with Crippen molar-refractivity contribution in [1.29, 1.82) is 0 Å². The van der Waals surface area contributed by atoms with Crippen LogP contribution in [0, 0.1) is 6.92 Å². The molecule has 0 saturated heterocycles. The maximum absolute atomic E-state index is 11.8. The first-order valence-electron chi connectivity index (χ1n) is 12.8. The fraction of sp³-hybridized carbons (Fsp3) is 0.355. The van der Waals surface area contributed by atoms with Gasteiger partial charge in [0.2, 0.25) is 0 Å². The Balaban J connectivity index is 0.000000179. The van der Waals surface area contributed by atoms with Gasteiger partial charge in [-0.2, -0.15) is 0 Å². The number of pyridine rings is 1. The zero-order chi connectivity index (χ0) is 25.7. The van der Waals surface area contributed by atoms with Crippen molar-refractivity contribution in [1.82, 2.24) is 9.55 Å². The summed E-state index contributed by atoms with van der Waals surface area (Å²) in [5, 5.41) is 1.61. The molecule has 4 aromatic rings. The Bertz CT molecular complexity index is 1350. The summed E-state index contributed by atoms with van der Waals surface area (Å²) in [4.78, 5) is 16.0. The first kappa shape index (κ1) is 26.1. The van der Waals surface area contributed by atoms with Gasteiger partial charge in [-0.1, -0.05) is 68.6 Å². The lowest BCUT2D eigenvalue weighted by Gasteiger charge is -2.29. The predicted molar refractivity (Wildman–Crippen MR) is 148 cm³/mol. The number of carbonyl (C=O) groups excluding carboxylic acids is 1. The summed E-state index contributed by atoms with van der Waals surface area (Å²) in [5.41, 5.74) is 6.69. The number of ether oxygens (including phenoxy) is 1. The van der Waals surface area contributed by atoms with Gasteiger partial charge in [-0.25, -0.2) is 0 Å². The van der Waals surface area contributed by atoms with E-state index < -0.39 is 0 Å². The molecule has 0 N–H and O–H groups in total. The molecule has 0 fully saturated rings. The minimum absolute atomic E-state index is 0.0279. The van der Waals surface area contributed by atoms with Crippen molar-refractivity contribution in [2.45, 2.75) is 72.1 Å². The van der Waals surface area contributed by atoms with Gasteiger partial charge in [-0.05, 0) is 67.6 Å². The van der Waals surface area contributed by atoms with Crippen LogP contribution in [0.5, 0.6) is 0 Å². The summed E-state index contributed by atoms with van der Waals surface area (Å²) < 4.78 is 8.15. The monoisotopic (exact) mass is 502 g/mol. The number of aryl methyl sites for hydroxylation is 1. The number of rotatable bonds is 7. The third-order valence-electron chi connectivity index (χ3n) is 6.86. The second kappa shape index (κ2) is 11.4. The van der Waals surface area contributed by atoms with Gasteiger partial charge in [0.15, 0.2) is 5.78 Å².